The van der Waals surface area contributed by atoms with Gasteiger partial charge in [-0.15, -0.1) is 0 Å². The van der Waals surface area contributed by atoms with Gasteiger partial charge in [-0.05, 0) is 68.0 Å². The largest absolute Gasteiger partial charge is 0.436 e. The molecule has 0 saturated carbocycles. The monoisotopic (exact) mass is 690 g/mol. The second kappa shape index (κ2) is 14.9. The number of hydrogen-bond donors (Lipinski definition) is 2. The first kappa shape index (κ1) is 33.6. The minimum Gasteiger partial charge on any atom is -0.436 e. The summed E-state index contributed by atoms with van der Waals surface area (Å²) in [5.74, 6) is -0.165. The van der Waals surface area contributed by atoms with E-state index in [1.807, 2.05) is 46.2 Å². The zero-order valence-electron chi connectivity index (χ0n) is 28.3. The molecular weight excluding hydrogens is 644 g/mol. The molecule has 2 aromatic carbocycles. The third kappa shape index (κ3) is 7.51. The van der Waals surface area contributed by atoms with Crippen LogP contribution < -0.4 is 5.32 Å². The first-order valence-electron chi connectivity index (χ1n) is 17.8. The molecule has 1 aromatic heterocycles. The average molecular weight is 691 g/mol. The summed E-state index contributed by atoms with van der Waals surface area (Å²) < 4.78 is 6.09. The zero-order valence-corrected chi connectivity index (χ0v) is 29.0. The van der Waals surface area contributed by atoms with E-state index >= 15 is 0 Å². The Morgan fingerprint density at radius 1 is 0.939 bits per heavy atom. The van der Waals surface area contributed by atoms with E-state index in [4.69, 9.17) is 16.3 Å². The van der Waals surface area contributed by atoms with Gasteiger partial charge in [0.05, 0.1) is 16.7 Å². The molecule has 0 unspecified atom stereocenters. The fourth-order valence-corrected chi connectivity index (χ4v) is 8.27. The number of amides is 4. The van der Waals surface area contributed by atoms with Crippen molar-refractivity contribution in [1.29, 1.82) is 0 Å². The summed E-state index contributed by atoms with van der Waals surface area (Å²) in [6, 6.07) is 12.0. The highest BCUT2D eigenvalue weighted by Gasteiger charge is 2.36. The molecule has 3 saturated heterocycles. The predicted octanol–water partition coefficient (Wildman–Crippen LogP) is 4.45. The molecule has 13 heteroatoms. The number of likely N-dealkylation sites (tertiary alicyclic amines) is 2. The number of nitrogens with zero attached hydrogens (tertiary/aromatic N) is 6. The molecule has 2 N–H and O–H groups in total. The Labute approximate surface area is 292 Å². The number of aromatic amines is 1. The maximum atomic E-state index is 14.1. The summed E-state index contributed by atoms with van der Waals surface area (Å²) in [7, 11) is 0. The van der Waals surface area contributed by atoms with E-state index in [1.54, 1.807) is 11.1 Å². The Morgan fingerprint density at radius 2 is 1.65 bits per heavy atom. The van der Waals surface area contributed by atoms with E-state index in [0.29, 0.717) is 56.6 Å². The number of para-hydroxylation sites is 1. The number of anilines is 1. The zero-order chi connectivity index (χ0) is 33.9. The molecule has 0 radical (unpaired) electrons. The molecule has 49 heavy (non-hydrogen) atoms. The van der Waals surface area contributed by atoms with Gasteiger partial charge in [-0.2, -0.15) is 5.10 Å². The number of rotatable bonds is 7. The second-order valence-electron chi connectivity index (χ2n) is 13.8. The Morgan fingerprint density at radius 3 is 2.41 bits per heavy atom. The topological polar surface area (TPSA) is 117 Å². The van der Waals surface area contributed by atoms with E-state index in [1.165, 1.54) is 0 Å². The van der Waals surface area contributed by atoms with E-state index in [9.17, 15) is 14.4 Å². The summed E-state index contributed by atoms with van der Waals surface area (Å²) in [4.78, 5) is 51.4. The van der Waals surface area contributed by atoms with Crippen molar-refractivity contribution >= 4 is 46.2 Å². The van der Waals surface area contributed by atoms with Gasteiger partial charge in [0.15, 0.2) is 6.10 Å². The number of aromatic nitrogens is 2. The molecule has 12 nitrogen and oxygen atoms in total. The highest BCUT2D eigenvalue weighted by molar-refractivity contribution is 6.35. The van der Waals surface area contributed by atoms with Crippen LogP contribution in [0.4, 0.5) is 15.3 Å². The highest BCUT2D eigenvalue weighted by atomic mass is 35.5. The van der Waals surface area contributed by atoms with Crippen LogP contribution in [0.15, 0.2) is 42.6 Å². The number of fused-ring (bicyclic) bond motifs is 2. The second-order valence-corrected chi connectivity index (χ2v) is 14.2. The molecule has 4 amide bonds. The smallest absolute Gasteiger partial charge is 0.410 e. The highest BCUT2D eigenvalue weighted by Crippen LogP contribution is 2.28. The SMILES string of the molecule is CCN1CCN(C2CCN(C(=O)[C@@H](Cc3cc(Cl)c4[nH]ncc4c3)OC(=O)N3CCC(N4CCc5ccccc5NC4=O)CC3)CC2)CC1. The third-order valence-corrected chi connectivity index (χ3v) is 11.3. The number of nitrogens with one attached hydrogen (secondary N) is 2. The molecule has 0 aliphatic carbocycles. The van der Waals surface area contributed by atoms with Gasteiger partial charge in [-0.3, -0.25) is 14.8 Å². The number of piperidine rings is 2. The summed E-state index contributed by atoms with van der Waals surface area (Å²) in [5.41, 5.74) is 3.53. The van der Waals surface area contributed by atoms with Crippen molar-refractivity contribution < 1.29 is 19.1 Å². The molecule has 262 valence electrons. The van der Waals surface area contributed by atoms with Gasteiger partial charge < -0.3 is 29.7 Å². The number of likely N-dealkylation sites (N-methyl/N-ethyl adjacent to an activating group) is 1. The summed E-state index contributed by atoms with van der Waals surface area (Å²) >= 11 is 6.55. The quantitative estimate of drug-likeness (QED) is 0.377. The minimum atomic E-state index is -0.981. The maximum Gasteiger partial charge on any atom is 0.410 e. The lowest BCUT2D eigenvalue weighted by Gasteiger charge is -2.43. The summed E-state index contributed by atoms with van der Waals surface area (Å²) in [6.07, 6.45) is 4.33. The van der Waals surface area contributed by atoms with Gasteiger partial charge >= 0.3 is 12.1 Å². The molecule has 0 bridgehead atoms. The van der Waals surface area contributed by atoms with Crippen LogP contribution in [0.2, 0.25) is 5.02 Å². The van der Waals surface area contributed by atoms with Gasteiger partial charge in [0.2, 0.25) is 0 Å². The van der Waals surface area contributed by atoms with Crippen molar-refractivity contribution in [3.8, 4) is 0 Å². The van der Waals surface area contributed by atoms with Crippen molar-refractivity contribution in [2.45, 2.75) is 63.6 Å². The van der Waals surface area contributed by atoms with Crippen molar-refractivity contribution in [1.82, 2.24) is 34.7 Å². The number of halogens is 1. The number of ether oxygens (including phenoxy) is 1. The van der Waals surface area contributed by atoms with Crippen molar-refractivity contribution in [3.05, 3.63) is 58.7 Å². The van der Waals surface area contributed by atoms with Gasteiger partial charge in [0.25, 0.3) is 5.91 Å². The summed E-state index contributed by atoms with van der Waals surface area (Å²) in [6.45, 7) is 10.4. The molecule has 4 aliphatic heterocycles. The number of piperazine rings is 1. The van der Waals surface area contributed by atoms with Crippen molar-refractivity contribution in [3.63, 3.8) is 0 Å². The van der Waals surface area contributed by atoms with Crippen LogP contribution in [0, 0.1) is 0 Å². The van der Waals surface area contributed by atoms with Crippen LogP contribution in [0.5, 0.6) is 0 Å². The number of hydrogen-bond acceptors (Lipinski definition) is 7. The molecule has 0 spiro atoms. The molecule has 3 aromatic rings. The van der Waals surface area contributed by atoms with E-state index in [0.717, 1.165) is 79.7 Å². The lowest BCUT2D eigenvalue weighted by Crippen LogP contribution is -2.55. The minimum absolute atomic E-state index is 0.0193. The van der Waals surface area contributed by atoms with Gasteiger partial charge in [0.1, 0.15) is 0 Å². The number of H-pyrrole nitrogens is 1. The normalized spacial score (nSPS) is 20.9. The Kier molecular flexibility index (Phi) is 10.2. The maximum absolute atomic E-state index is 14.1. The van der Waals surface area contributed by atoms with Crippen molar-refractivity contribution in [2.24, 2.45) is 0 Å². The first-order valence-corrected chi connectivity index (χ1v) is 18.2. The van der Waals surface area contributed by atoms with Crippen LogP contribution in [0.3, 0.4) is 0 Å². The Bertz CT molecular complexity index is 1640. The van der Waals surface area contributed by atoms with Gasteiger partial charge in [-0.1, -0.05) is 36.7 Å². The molecule has 4 aliphatic rings. The molecule has 5 heterocycles. The molecular formula is C36H47ClN8O4. The van der Waals surface area contributed by atoms with E-state index in [-0.39, 0.29) is 24.4 Å². The standard InChI is InChI=1S/C36H47ClN8O4/c1-2-41-17-19-42(20-18-41)28-8-12-43(13-9-28)34(46)32(23-25-21-27-24-38-40-33(27)30(37)22-25)49-36(48)44-14-10-29(11-15-44)45-16-7-26-5-3-4-6-31(26)39-35(45)47/h3-6,21-22,24,28-29,32H,2,7-20,23H2,1H3,(H,38,40)(H,39,47)/t32-/m1/s1. The lowest BCUT2D eigenvalue weighted by atomic mass is 10.00. The van der Waals surface area contributed by atoms with Crippen LogP contribution in [-0.4, -0.2) is 136 Å². The van der Waals surface area contributed by atoms with Crippen molar-refractivity contribution in [2.75, 3.05) is 70.8 Å². The molecule has 3 fully saturated rings. The van der Waals surface area contributed by atoms with E-state index in [2.05, 4.69) is 32.2 Å². The average Bonchev–Trinajstić information content (AvgIpc) is 3.54. The Balaban J connectivity index is 0.990. The number of carbonyl (C=O) groups is 3. The third-order valence-electron chi connectivity index (χ3n) is 11.0. The molecule has 1 atom stereocenters. The Hall–Kier alpha value is -3.87. The fourth-order valence-electron chi connectivity index (χ4n) is 7.98. The first-order chi connectivity index (χ1) is 23.9. The molecule has 7 rings (SSSR count). The lowest BCUT2D eigenvalue weighted by molar-refractivity contribution is -0.142. The van der Waals surface area contributed by atoms with Crippen LogP contribution in [-0.2, 0) is 22.4 Å². The van der Waals surface area contributed by atoms with Crippen LogP contribution in [0.1, 0.15) is 43.7 Å². The van der Waals surface area contributed by atoms with E-state index < -0.39 is 12.2 Å². The predicted molar refractivity (Wildman–Crippen MR) is 189 cm³/mol. The summed E-state index contributed by atoms with van der Waals surface area (Å²) in [5, 5.41) is 11.4. The van der Waals surface area contributed by atoms with Crippen LogP contribution in [0.25, 0.3) is 10.9 Å². The number of carbonyl (C=O) groups excluding carboxylic acids is 3. The van der Waals surface area contributed by atoms with Crippen LogP contribution >= 0.6 is 11.6 Å². The number of benzene rings is 2. The fraction of sp³-hybridized carbons (Fsp3) is 0.556. The van der Waals surface area contributed by atoms with Gasteiger partial charge in [0, 0.05) is 88.5 Å². The van der Waals surface area contributed by atoms with Gasteiger partial charge in [-0.25, -0.2) is 9.59 Å². The number of urea groups is 1.